The second-order valence-corrected chi connectivity index (χ2v) is 7.36. The first kappa shape index (κ1) is 15.3. The molecule has 0 heterocycles. The Labute approximate surface area is 134 Å². The third-order valence-electron chi connectivity index (χ3n) is 2.51. The van der Waals surface area contributed by atoms with Crippen LogP contribution in [0.5, 0.6) is 5.75 Å². The number of methoxy groups -OCH3 is 1. The number of anilines is 1. The van der Waals surface area contributed by atoms with Crippen LogP contribution in [0.2, 0.25) is 0 Å². The van der Waals surface area contributed by atoms with Crippen molar-refractivity contribution in [3.05, 3.63) is 51.4 Å². The smallest absolute Gasteiger partial charge is 0.261 e. The van der Waals surface area contributed by atoms with Crippen LogP contribution in [0.25, 0.3) is 0 Å². The maximum Gasteiger partial charge on any atom is 0.261 e. The van der Waals surface area contributed by atoms with E-state index in [0.717, 1.165) is 0 Å². The van der Waals surface area contributed by atoms with Gasteiger partial charge in [0.1, 0.15) is 5.75 Å². The predicted octanol–water partition coefficient (Wildman–Crippen LogP) is 4.02. The van der Waals surface area contributed by atoms with E-state index in [9.17, 15) is 8.42 Å². The second kappa shape index (κ2) is 6.15. The lowest BCUT2D eigenvalue weighted by atomic mass is 10.3. The summed E-state index contributed by atoms with van der Waals surface area (Å²) in [7, 11) is -2.07. The van der Waals surface area contributed by atoms with E-state index in [-0.39, 0.29) is 4.90 Å². The van der Waals surface area contributed by atoms with Crippen molar-refractivity contribution < 1.29 is 13.2 Å². The third-order valence-corrected chi connectivity index (χ3v) is 5.00. The van der Waals surface area contributed by atoms with Crippen LogP contribution in [-0.4, -0.2) is 15.5 Å². The molecule has 0 aliphatic carbocycles. The Bertz CT molecular complexity index is 732. The summed E-state index contributed by atoms with van der Waals surface area (Å²) < 4.78 is 33.5. The Morgan fingerprint density at radius 2 is 1.85 bits per heavy atom. The monoisotopic (exact) mass is 419 g/mol. The molecule has 0 saturated heterocycles. The SMILES string of the molecule is COc1ccc(NS(=O)(=O)c2cccc(Br)c2)cc1Br. The summed E-state index contributed by atoms with van der Waals surface area (Å²) in [5.74, 6) is 0.635. The highest BCUT2D eigenvalue weighted by Crippen LogP contribution is 2.29. The van der Waals surface area contributed by atoms with Gasteiger partial charge in [0.15, 0.2) is 0 Å². The van der Waals surface area contributed by atoms with Crippen molar-refractivity contribution in [2.45, 2.75) is 4.90 Å². The molecule has 20 heavy (non-hydrogen) atoms. The summed E-state index contributed by atoms with van der Waals surface area (Å²) in [5.41, 5.74) is 0.456. The Balaban J connectivity index is 2.31. The summed E-state index contributed by atoms with van der Waals surface area (Å²) >= 11 is 6.57. The number of benzene rings is 2. The number of halogens is 2. The fourth-order valence-electron chi connectivity index (χ4n) is 1.58. The van der Waals surface area contributed by atoms with E-state index < -0.39 is 10.0 Å². The van der Waals surface area contributed by atoms with E-state index in [1.54, 1.807) is 43.5 Å². The summed E-state index contributed by atoms with van der Waals surface area (Å²) in [6, 6.07) is 11.5. The molecular formula is C13H11Br2NO3S. The third kappa shape index (κ3) is 3.53. The van der Waals surface area contributed by atoms with Crippen molar-refractivity contribution in [3.8, 4) is 5.75 Å². The van der Waals surface area contributed by atoms with E-state index in [0.29, 0.717) is 20.4 Å². The number of rotatable bonds is 4. The van der Waals surface area contributed by atoms with Crippen molar-refractivity contribution in [2.24, 2.45) is 0 Å². The molecule has 2 rings (SSSR count). The summed E-state index contributed by atoms with van der Waals surface area (Å²) in [6.45, 7) is 0. The van der Waals surface area contributed by atoms with Gasteiger partial charge < -0.3 is 4.74 Å². The molecule has 0 radical (unpaired) electrons. The summed E-state index contributed by atoms with van der Waals surface area (Å²) in [6.07, 6.45) is 0. The first-order valence-electron chi connectivity index (χ1n) is 5.54. The van der Waals surface area contributed by atoms with Crippen molar-refractivity contribution in [2.75, 3.05) is 11.8 Å². The average molecular weight is 421 g/mol. The van der Waals surface area contributed by atoms with Crippen LogP contribution >= 0.6 is 31.9 Å². The molecule has 7 heteroatoms. The largest absolute Gasteiger partial charge is 0.496 e. The number of hydrogen-bond donors (Lipinski definition) is 1. The highest BCUT2D eigenvalue weighted by molar-refractivity contribution is 9.10. The second-order valence-electron chi connectivity index (χ2n) is 3.91. The first-order valence-corrected chi connectivity index (χ1v) is 8.61. The van der Waals surface area contributed by atoms with Gasteiger partial charge >= 0.3 is 0 Å². The number of sulfonamides is 1. The van der Waals surface area contributed by atoms with Crippen LogP contribution in [0.4, 0.5) is 5.69 Å². The summed E-state index contributed by atoms with van der Waals surface area (Å²) in [4.78, 5) is 0.193. The molecule has 2 aromatic carbocycles. The molecule has 0 atom stereocenters. The molecule has 2 aromatic rings. The lowest BCUT2D eigenvalue weighted by Crippen LogP contribution is -2.12. The fourth-order valence-corrected chi connectivity index (χ4v) is 3.76. The van der Waals surface area contributed by atoms with Crippen molar-refractivity contribution >= 4 is 47.6 Å². The molecule has 0 aliphatic heterocycles. The Kier molecular flexibility index (Phi) is 4.72. The van der Waals surface area contributed by atoms with Crippen LogP contribution < -0.4 is 9.46 Å². The standard InChI is InChI=1S/C13H11Br2NO3S/c1-19-13-6-5-10(8-12(13)15)16-20(17,18)11-4-2-3-9(14)7-11/h2-8,16H,1H3. The van der Waals surface area contributed by atoms with E-state index >= 15 is 0 Å². The van der Waals surface area contributed by atoms with Crippen LogP contribution in [0, 0.1) is 0 Å². The maximum atomic E-state index is 12.2. The predicted molar refractivity (Wildman–Crippen MR) is 85.6 cm³/mol. The molecule has 0 aliphatic rings. The zero-order valence-electron chi connectivity index (χ0n) is 10.4. The molecule has 0 amide bonds. The van der Waals surface area contributed by atoms with Gasteiger partial charge in [0.25, 0.3) is 10.0 Å². The highest BCUT2D eigenvalue weighted by atomic mass is 79.9. The quantitative estimate of drug-likeness (QED) is 0.812. The Hall–Kier alpha value is -1.05. The molecule has 0 bridgehead atoms. The first-order chi connectivity index (χ1) is 9.42. The lowest BCUT2D eigenvalue weighted by Gasteiger charge is -2.10. The van der Waals surface area contributed by atoms with Gasteiger partial charge in [-0.2, -0.15) is 0 Å². The molecule has 0 spiro atoms. The average Bonchev–Trinajstić information content (AvgIpc) is 2.38. The van der Waals surface area contributed by atoms with E-state index in [1.807, 2.05) is 0 Å². The maximum absolute atomic E-state index is 12.2. The fraction of sp³-hybridized carbons (Fsp3) is 0.0769. The molecular weight excluding hydrogens is 410 g/mol. The molecule has 0 unspecified atom stereocenters. The van der Waals surface area contributed by atoms with Gasteiger partial charge in [-0.3, -0.25) is 4.72 Å². The molecule has 1 N–H and O–H groups in total. The zero-order chi connectivity index (χ0) is 14.8. The molecule has 0 fully saturated rings. The molecule has 0 saturated carbocycles. The van der Waals surface area contributed by atoms with Crippen molar-refractivity contribution in [3.63, 3.8) is 0 Å². The lowest BCUT2D eigenvalue weighted by molar-refractivity contribution is 0.412. The summed E-state index contributed by atoms with van der Waals surface area (Å²) in [5, 5.41) is 0. The van der Waals surface area contributed by atoms with Crippen molar-refractivity contribution in [1.82, 2.24) is 0 Å². The molecule has 4 nitrogen and oxygen atoms in total. The van der Waals surface area contributed by atoms with Crippen LogP contribution in [0.3, 0.4) is 0 Å². The normalized spacial score (nSPS) is 11.2. The number of ether oxygens (including phenoxy) is 1. The van der Waals surface area contributed by atoms with Gasteiger partial charge in [-0.25, -0.2) is 8.42 Å². The van der Waals surface area contributed by atoms with Gasteiger partial charge in [0, 0.05) is 4.47 Å². The topological polar surface area (TPSA) is 55.4 Å². The van der Waals surface area contributed by atoms with Crippen LogP contribution in [0.15, 0.2) is 56.3 Å². The minimum absolute atomic E-state index is 0.193. The van der Waals surface area contributed by atoms with Gasteiger partial charge in [-0.05, 0) is 52.3 Å². The van der Waals surface area contributed by atoms with Crippen molar-refractivity contribution in [1.29, 1.82) is 0 Å². The Morgan fingerprint density at radius 1 is 1.10 bits per heavy atom. The minimum atomic E-state index is -3.61. The van der Waals surface area contributed by atoms with E-state index in [1.165, 1.54) is 6.07 Å². The number of hydrogen-bond acceptors (Lipinski definition) is 3. The highest BCUT2D eigenvalue weighted by Gasteiger charge is 2.15. The molecule has 106 valence electrons. The van der Waals surface area contributed by atoms with Crippen LogP contribution in [-0.2, 0) is 10.0 Å². The van der Waals surface area contributed by atoms with Gasteiger partial charge in [0.05, 0.1) is 22.2 Å². The van der Waals surface area contributed by atoms with Gasteiger partial charge in [-0.15, -0.1) is 0 Å². The van der Waals surface area contributed by atoms with E-state index in [2.05, 4.69) is 36.6 Å². The minimum Gasteiger partial charge on any atom is -0.496 e. The van der Waals surface area contributed by atoms with Crippen LogP contribution in [0.1, 0.15) is 0 Å². The van der Waals surface area contributed by atoms with Gasteiger partial charge in [0.2, 0.25) is 0 Å². The zero-order valence-corrected chi connectivity index (χ0v) is 14.4. The molecule has 0 aromatic heterocycles. The Morgan fingerprint density at radius 3 is 2.45 bits per heavy atom. The van der Waals surface area contributed by atoms with Gasteiger partial charge in [-0.1, -0.05) is 22.0 Å². The van der Waals surface area contributed by atoms with E-state index in [4.69, 9.17) is 4.74 Å². The number of nitrogens with one attached hydrogen (secondary N) is 1.